The van der Waals surface area contributed by atoms with Crippen molar-refractivity contribution in [3.63, 3.8) is 0 Å². The van der Waals surface area contributed by atoms with E-state index in [1.165, 1.54) is 69.4 Å². The van der Waals surface area contributed by atoms with Crippen molar-refractivity contribution in [2.75, 3.05) is 4.90 Å². The molecule has 0 saturated carbocycles. The summed E-state index contributed by atoms with van der Waals surface area (Å²) < 4.78 is 8.89. The van der Waals surface area contributed by atoms with Crippen molar-refractivity contribution in [1.82, 2.24) is 0 Å². The van der Waals surface area contributed by atoms with Crippen molar-refractivity contribution in [2.24, 2.45) is 0 Å². The third kappa shape index (κ3) is 4.78. The summed E-state index contributed by atoms with van der Waals surface area (Å²) in [4.78, 5) is 2.44. The number of thiophene rings is 1. The largest absolute Gasteiger partial charge is 0.456 e. The van der Waals surface area contributed by atoms with Crippen LogP contribution in [-0.4, -0.2) is 0 Å². The molecule has 0 aliphatic carbocycles. The van der Waals surface area contributed by atoms with E-state index < -0.39 is 0 Å². The van der Waals surface area contributed by atoms with Gasteiger partial charge in [-0.3, -0.25) is 0 Å². The zero-order chi connectivity index (χ0) is 34.9. The molecular weight excluding hydrogens is 663 g/mol. The second-order valence-electron chi connectivity index (χ2n) is 13.7. The fraction of sp³-hybridized carbons (Fsp3) is 0. The highest BCUT2D eigenvalue weighted by Gasteiger charge is 2.23. The van der Waals surface area contributed by atoms with Crippen LogP contribution in [-0.2, 0) is 0 Å². The predicted molar refractivity (Wildman–Crippen MR) is 227 cm³/mol. The fourth-order valence-corrected chi connectivity index (χ4v) is 9.54. The van der Waals surface area contributed by atoms with Crippen LogP contribution in [0, 0.1) is 0 Å². The van der Waals surface area contributed by atoms with Crippen LogP contribution < -0.4 is 4.90 Å². The molecule has 0 aliphatic heterocycles. The third-order valence-corrected chi connectivity index (χ3v) is 11.9. The Balaban J connectivity index is 1.17. The molecule has 11 rings (SSSR count). The zero-order valence-corrected chi connectivity index (χ0v) is 29.5. The molecule has 0 amide bonds. The number of furan rings is 1. The van der Waals surface area contributed by atoms with Gasteiger partial charge in [-0.25, -0.2) is 0 Å². The van der Waals surface area contributed by atoms with Gasteiger partial charge in [-0.05, 0) is 92.3 Å². The Morgan fingerprint density at radius 3 is 1.79 bits per heavy atom. The first kappa shape index (κ1) is 30.0. The number of hydrogen-bond acceptors (Lipinski definition) is 3. The molecule has 3 heteroatoms. The van der Waals surface area contributed by atoms with Gasteiger partial charge >= 0.3 is 0 Å². The third-order valence-electron chi connectivity index (χ3n) is 10.7. The van der Waals surface area contributed by atoms with Gasteiger partial charge in [-0.15, -0.1) is 11.3 Å². The number of para-hydroxylation sites is 1. The molecule has 0 radical (unpaired) electrons. The van der Waals surface area contributed by atoms with Gasteiger partial charge < -0.3 is 9.32 Å². The topological polar surface area (TPSA) is 16.4 Å². The summed E-state index contributed by atoms with van der Waals surface area (Å²) in [5.74, 6) is 0. The summed E-state index contributed by atoms with van der Waals surface area (Å²) in [6, 6.07) is 67.9. The maximum Gasteiger partial charge on any atom is 0.136 e. The quantitative estimate of drug-likeness (QED) is 0.178. The van der Waals surface area contributed by atoms with Gasteiger partial charge in [0.05, 0.1) is 10.4 Å². The molecule has 11 aromatic rings. The summed E-state index contributed by atoms with van der Waals surface area (Å²) in [6.07, 6.45) is 0. The number of benzene rings is 9. The molecule has 2 heterocycles. The van der Waals surface area contributed by atoms with Gasteiger partial charge in [0.15, 0.2) is 0 Å². The predicted octanol–water partition coefficient (Wildman–Crippen LogP) is 15.1. The van der Waals surface area contributed by atoms with E-state index in [9.17, 15) is 0 Å². The van der Waals surface area contributed by atoms with Gasteiger partial charge in [-0.2, -0.15) is 0 Å². The van der Waals surface area contributed by atoms with Crippen molar-refractivity contribution >= 4 is 92.1 Å². The zero-order valence-electron chi connectivity index (χ0n) is 28.7. The molecule has 2 aromatic heterocycles. The maximum absolute atomic E-state index is 6.38. The highest BCUT2D eigenvalue weighted by Crippen LogP contribution is 2.50. The van der Waals surface area contributed by atoms with Crippen LogP contribution in [0.2, 0.25) is 0 Å². The first-order chi connectivity index (χ1) is 26.3. The number of anilines is 3. The van der Waals surface area contributed by atoms with Gasteiger partial charge in [0.1, 0.15) is 11.2 Å². The highest BCUT2D eigenvalue weighted by molar-refractivity contribution is 7.27. The molecular formula is C50H31NOS. The lowest BCUT2D eigenvalue weighted by Crippen LogP contribution is -2.10. The standard InChI is InChI=1S/C50H31NOS/c1-2-11-32(12-3-1)33-21-25-37(26-22-33)51(38-27-23-35(24-28-38)40-19-10-15-34-13-4-6-16-39(34)40)44-31-36-14-5-7-17-41(36)47-43-29-30-46-48(49(43)53-50(44)47)42-18-8-9-20-45(42)52-46/h1-31H. The Hall–Kier alpha value is -6.68. The van der Waals surface area contributed by atoms with E-state index in [4.69, 9.17) is 4.42 Å². The van der Waals surface area contributed by atoms with E-state index in [2.05, 4.69) is 187 Å². The summed E-state index contributed by atoms with van der Waals surface area (Å²) in [5, 5.41) is 9.86. The van der Waals surface area contributed by atoms with Crippen molar-refractivity contribution in [1.29, 1.82) is 0 Å². The maximum atomic E-state index is 6.38. The SMILES string of the molecule is c1ccc(-c2ccc(N(c3ccc(-c4cccc5ccccc45)cc3)c3cc4ccccc4c4c3sc3c4ccc4oc5ccccc5c43)cc2)cc1. The minimum atomic E-state index is 0.920. The molecule has 2 nitrogen and oxygen atoms in total. The van der Waals surface area contributed by atoms with E-state index in [0.29, 0.717) is 0 Å². The van der Waals surface area contributed by atoms with Gasteiger partial charge in [-0.1, -0.05) is 140 Å². The number of nitrogens with zero attached hydrogens (tertiary/aromatic N) is 1. The minimum absolute atomic E-state index is 0.920. The minimum Gasteiger partial charge on any atom is -0.456 e. The molecule has 248 valence electrons. The summed E-state index contributed by atoms with van der Waals surface area (Å²) >= 11 is 1.87. The van der Waals surface area contributed by atoms with E-state index in [1.807, 2.05) is 17.4 Å². The van der Waals surface area contributed by atoms with Crippen molar-refractivity contribution in [3.8, 4) is 22.3 Å². The van der Waals surface area contributed by atoms with Gasteiger partial charge in [0.2, 0.25) is 0 Å². The van der Waals surface area contributed by atoms with Crippen molar-refractivity contribution in [3.05, 3.63) is 188 Å². The van der Waals surface area contributed by atoms with Crippen LogP contribution >= 0.6 is 11.3 Å². The Bertz CT molecular complexity index is 3150. The smallest absolute Gasteiger partial charge is 0.136 e. The molecule has 0 spiro atoms. The van der Waals surface area contributed by atoms with Crippen molar-refractivity contribution in [2.45, 2.75) is 0 Å². The summed E-state index contributed by atoms with van der Waals surface area (Å²) in [5.41, 5.74) is 10.1. The Labute approximate surface area is 310 Å². The van der Waals surface area contributed by atoms with Crippen LogP contribution in [0.25, 0.3) is 85.9 Å². The normalized spacial score (nSPS) is 11.8. The van der Waals surface area contributed by atoms with Gasteiger partial charge in [0, 0.05) is 37.6 Å². The molecule has 0 aliphatic rings. The van der Waals surface area contributed by atoms with E-state index in [1.54, 1.807) is 0 Å². The summed E-state index contributed by atoms with van der Waals surface area (Å²) in [6.45, 7) is 0. The lowest BCUT2D eigenvalue weighted by Gasteiger charge is -2.27. The van der Waals surface area contributed by atoms with Crippen LogP contribution in [0.3, 0.4) is 0 Å². The first-order valence-electron chi connectivity index (χ1n) is 18.0. The monoisotopic (exact) mass is 693 g/mol. The lowest BCUT2D eigenvalue weighted by atomic mass is 9.97. The second kappa shape index (κ2) is 11.9. The number of fused-ring (bicyclic) bond motifs is 10. The highest BCUT2D eigenvalue weighted by atomic mass is 32.1. The molecule has 0 atom stereocenters. The molecule has 53 heavy (non-hydrogen) atoms. The van der Waals surface area contributed by atoms with Crippen LogP contribution in [0.15, 0.2) is 192 Å². The van der Waals surface area contributed by atoms with E-state index in [-0.39, 0.29) is 0 Å². The fourth-order valence-electron chi connectivity index (χ4n) is 8.17. The van der Waals surface area contributed by atoms with Crippen LogP contribution in [0.5, 0.6) is 0 Å². The van der Waals surface area contributed by atoms with Gasteiger partial charge in [0.25, 0.3) is 0 Å². The Morgan fingerprint density at radius 1 is 0.377 bits per heavy atom. The molecule has 0 unspecified atom stereocenters. The van der Waals surface area contributed by atoms with Crippen LogP contribution in [0.1, 0.15) is 0 Å². The second-order valence-corrected chi connectivity index (χ2v) is 14.7. The van der Waals surface area contributed by atoms with E-state index >= 15 is 0 Å². The average Bonchev–Trinajstić information content (AvgIpc) is 3.81. The van der Waals surface area contributed by atoms with Crippen molar-refractivity contribution < 1.29 is 4.42 Å². The molecule has 0 bridgehead atoms. The van der Waals surface area contributed by atoms with E-state index in [0.717, 1.165) is 33.6 Å². The molecule has 9 aromatic carbocycles. The average molecular weight is 694 g/mol. The Morgan fingerprint density at radius 2 is 1.00 bits per heavy atom. The summed E-state index contributed by atoms with van der Waals surface area (Å²) in [7, 11) is 0. The van der Waals surface area contributed by atoms with Crippen LogP contribution in [0.4, 0.5) is 17.1 Å². The molecule has 0 fully saturated rings. The number of hydrogen-bond donors (Lipinski definition) is 0. The first-order valence-corrected chi connectivity index (χ1v) is 18.8. The number of rotatable bonds is 5. The molecule has 0 N–H and O–H groups in total. The Kier molecular flexibility index (Phi) is 6.76. The molecule has 0 saturated heterocycles. The lowest BCUT2D eigenvalue weighted by molar-refractivity contribution is 0.669.